The van der Waals surface area contributed by atoms with Crippen molar-refractivity contribution in [3.05, 3.63) is 29.5 Å². The standard InChI is InChI=1S/C17H24N2O2/c1-11-8-14(21-5)15-12(9-17(2,3)10-18)6-7-13(20-4)16(15)19-11/h6-8H,9-10,18H2,1-5H3. The van der Waals surface area contributed by atoms with Crippen LogP contribution in [0.25, 0.3) is 10.9 Å². The first-order chi connectivity index (χ1) is 9.91. The summed E-state index contributed by atoms with van der Waals surface area (Å²) in [6.45, 7) is 6.91. The van der Waals surface area contributed by atoms with Gasteiger partial charge in [-0.2, -0.15) is 0 Å². The van der Waals surface area contributed by atoms with Crippen molar-refractivity contribution in [1.29, 1.82) is 0 Å². The number of pyridine rings is 1. The van der Waals surface area contributed by atoms with Gasteiger partial charge in [0.1, 0.15) is 17.0 Å². The number of rotatable bonds is 5. The number of aromatic nitrogens is 1. The molecule has 0 atom stereocenters. The van der Waals surface area contributed by atoms with Crippen molar-refractivity contribution in [3.63, 3.8) is 0 Å². The molecular formula is C17H24N2O2. The van der Waals surface area contributed by atoms with Crippen molar-refractivity contribution in [2.24, 2.45) is 11.1 Å². The summed E-state index contributed by atoms with van der Waals surface area (Å²) in [7, 11) is 3.35. The summed E-state index contributed by atoms with van der Waals surface area (Å²) in [5, 5.41) is 1.02. The Morgan fingerprint density at radius 2 is 1.81 bits per heavy atom. The van der Waals surface area contributed by atoms with Crippen molar-refractivity contribution < 1.29 is 9.47 Å². The van der Waals surface area contributed by atoms with Gasteiger partial charge in [-0.15, -0.1) is 0 Å². The summed E-state index contributed by atoms with van der Waals surface area (Å²) >= 11 is 0. The van der Waals surface area contributed by atoms with Gasteiger partial charge in [-0.25, -0.2) is 4.98 Å². The van der Waals surface area contributed by atoms with Gasteiger partial charge in [0, 0.05) is 17.1 Å². The zero-order valence-electron chi connectivity index (χ0n) is 13.5. The maximum atomic E-state index is 5.88. The first-order valence-corrected chi connectivity index (χ1v) is 7.13. The Balaban J connectivity index is 2.72. The molecule has 0 saturated carbocycles. The zero-order valence-corrected chi connectivity index (χ0v) is 13.5. The van der Waals surface area contributed by atoms with Crippen LogP contribution >= 0.6 is 0 Å². The molecule has 4 heteroatoms. The third kappa shape index (κ3) is 3.10. The smallest absolute Gasteiger partial charge is 0.145 e. The second-order valence-corrected chi connectivity index (χ2v) is 6.16. The molecule has 0 fully saturated rings. The summed E-state index contributed by atoms with van der Waals surface area (Å²) in [6.07, 6.45) is 0.866. The Hall–Kier alpha value is -1.81. The molecule has 0 unspecified atom stereocenters. The van der Waals surface area contributed by atoms with Gasteiger partial charge in [-0.3, -0.25) is 0 Å². The van der Waals surface area contributed by atoms with E-state index in [2.05, 4.69) is 24.9 Å². The van der Waals surface area contributed by atoms with Gasteiger partial charge < -0.3 is 15.2 Å². The molecule has 4 nitrogen and oxygen atoms in total. The van der Waals surface area contributed by atoms with Gasteiger partial charge in [0.2, 0.25) is 0 Å². The van der Waals surface area contributed by atoms with Crippen LogP contribution in [0.3, 0.4) is 0 Å². The van der Waals surface area contributed by atoms with Crippen LogP contribution < -0.4 is 15.2 Å². The van der Waals surface area contributed by atoms with Crippen molar-refractivity contribution in [3.8, 4) is 11.5 Å². The Bertz CT molecular complexity index is 651. The van der Waals surface area contributed by atoms with E-state index >= 15 is 0 Å². The summed E-state index contributed by atoms with van der Waals surface area (Å²) in [5.74, 6) is 1.60. The largest absolute Gasteiger partial charge is 0.496 e. The molecule has 0 bridgehead atoms. The molecule has 0 spiro atoms. The van der Waals surface area contributed by atoms with Gasteiger partial charge in [0.25, 0.3) is 0 Å². The quantitative estimate of drug-likeness (QED) is 0.918. The number of fused-ring (bicyclic) bond motifs is 1. The lowest BCUT2D eigenvalue weighted by Crippen LogP contribution is -2.26. The van der Waals surface area contributed by atoms with Crippen LogP contribution in [-0.4, -0.2) is 25.7 Å². The van der Waals surface area contributed by atoms with Crippen LogP contribution in [0.15, 0.2) is 18.2 Å². The topological polar surface area (TPSA) is 57.4 Å². The summed E-state index contributed by atoms with van der Waals surface area (Å²) < 4.78 is 11.0. The Morgan fingerprint density at radius 1 is 1.14 bits per heavy atom. The second kappa shape index (κ2) is 5.90. The third-order valence-electron chi connectivity index (χ3n) is 3.76. The van der Waals surface area contributed by atoms with Crippen molar-refractivity contribution in [2.75, 3.05) is 20.8 Å². The van der Waals surface area contributed by atoms with Crippen molar-refractivity contribution >= 4 is 10.9 Å². The maximum absolute atomic E-state index is 5.88. The average Bonchev–Trinajstić information content (AvgIpc) is 2.46. The lowest BCUT2D eigenvalue weighted by atomic mass is 9.84. The molecule has 0 aliphatic rings. The molecule has 2 aromatic rings. The fraction of sp³-hybridized carbons (Fsp3) is 0.471. The number of nitrogens with zero attached hydrogens (tertiary/aromatic N) is 1. The summed E-state index contributed by atoms with van der Waals surface area (Å²) in [5.41, 5.74) is 8.85. The van der Waals surface area contributed by atoms with E-state index in [-0.39, 0.29) is 5.41 Å². The molecule has 0 saturated heterocycles. The highest BCUT2D eigenvalue weighted by molar-refractivity contribution is 5.93. The highest BCUT2D eigenvalue weighted by Gasteiger charge is 2.21. The minimum atomic E-state index is 0.0252. The molecule has 1 aromatic heterocycles. The molecule has 0 amide bonds. The van der Waals surface area contributed by atoms with Gasteiger partial charge >= 0.3 is 0 Å². The number of aryl methyl sites for hydroxylation is 1. The molecular weight excluding hydrogens is 264 g/mol. The van der Waals surface area contributed by atoms with Gasteiger partial charge in [-0.1, -0.05) is 19.9 Å². The van der Waals surface area contributed by atoms with E-state index in [0.29, 0.717) is 6.54 Å². The fourth-order valence-corrected chi connectivity index (χ4v) is 2.53. The molecule has 0 aliphatic carbocycles. The van der Waals surface area contributed by atoms with Crippen LogP contribution in [0.2, 0.25) is 0 Å². The van der Waals surface area contributed by atoms with Crippen LogP contribution in [0, 0.1) is 12.3 Å². The van der Waals surface area contributed by atoms with E-state index in [0.717, 1.165) is 34.5 Å². The zero-order chi connectivity index (χ0) is 15.6. The third-order valence-corrected chi connectivity index (χ3v) is 3.76. The van der Waals surface area contributed by atoms with Gasteiger partial charge in [0.05, 0.1) is 14.2 Å². The number of nitrogens with two attached hydrogens (primary N) is 1. The number of hydrogen-bond acceptors (Lipinski definition) is 4. The predicted octanol–water partition coefficient (Wildman–Crippen LogP) is 3.09. The van der Waals surface area contributed by atoms with Gasteiger partial charge in [0.15, 0.2) is 0 Å². The molecule has 114 valence electrons. The fourth-order valence-electron chi connectivity index (χ4n) is 2.53. The first-order valence-electron chi connectivity index (χ1n) is 7.13. The molecule has 0 aliphatic heterocycles. The molecule has 21 heavy (non-hydrogen) atoms. The first kappa shape index (κ1) is 15.6. The Kier molecular flexibility index (Phi) is 4.37. The number of hydrogen-bond donors (Lipinski definition) is 1. The predicted molar refractivity (Wildman–Crippen MR) is 86.1 cm³/mol. The van der Waals surface area contributed by atoms with Crippen LogP contribution in [0.4, 0.5) is 0 Å². The minimum Gasteiger partial charge on any atom is -0.496 e. The Labute approximate surface area is 126 Å². The lowest BCUT2D eigenvalue weighted by molar-refractivity contribution is 0.376. The molecule has 0 radical (unpaired) electrons. The monoisotopic (exact) mass is 288 g/mol. The van der Waals surface area contributed by atoms with E-state index < -0.39 is 0 Å². The normalized spacial score (nSPS) is 11.7. The van der Waals surface area contributed by atoms with Crippen molar-refractivity contribution in [2.45, 2.75) is 27.2 Å². The maximum Gasteiger partial charge on any atom is 0.145 e. The van der Waals surface area contributed by atoms with E-state index in [1.807, 2.05) is 19.1 Å². The second-order valence-electron chi connectivity index (χ2n) is 6.16. The van der Waals surface area contributed by atoms with Crippen molar-refractivity contribution in [1.82, 2.24) is 4.98 Å². The highest BCUT2D eigenvalue weighted by atomic mass is 16.5. The number of ether oxygens (including phenoxy) is 2. The van der Waals surface area contributed by atoms with E-state index in [1.165, 1.54) is 5.56 Å². The van der Waals surface area contributed by atoms with E-state index in [1.54, 1.807) is 14.2 Å². The van der Waals surface area contributed by atoms with E-state index in [4.69, 9.17) is 15.2 Å². The number of benzene rings is 1. The SMILES string of the molecule is COc1ccc(CC(C)(C)CN)c2c(OC)cc(C)nc12. The lowest BCUT2D eigenvalue weighted by Gasteiger charge is -2.24. The summed E-state index contributed by atoms with van der Waals surface area (Å²) in [4.78, 5) is 4.64. The van der Waals surface area contributed by atoms with E-state index in [9.17, 15) is 0 Å². The number of methoxy groups -OCH3 is 2. The highest BCUT2D eigenvalue weighted by Crippen LogP contribution is 2.36. The average molecular weight is 288 g/mol. The van der Waals surface area contributed by atoms with Gasteiger partial charge in [-0.05, 0) is 36.9 Å². The molecule has 2 rings (SSSR count). The van der Waals surface area contributed by atoms with Crippen LogP contribution in [-0.2, 0) is 6.42 Å². The minimum absolute atomic E-state index is 0.0252. The molecule has 1 aromatic carbocycles. The van der Waals surface area contributed by atoms with Crippen LogP contribution in [0.5, 0.6) is 11.5 Å². The molecule has 1 heterocycles. The van der Waals surface area contributed by atoms with Crippen LogP contribution in [0.1, 0.15) is 25.1 Å². The summed E-state index contributed by atoms with van der Waals surface area (Å²) in [6, 6.07) is 6.01. The molecule has 2 N–H and O–H groups in total. The Morgan fingerprint density at radius 3 is 2.38 bits per heavy atom.